The van der Waals surface area contributed by atoms with Gasteiger partial charge in [0.2, 0.25) is 5.91 Å². The highest BCUT2D eigenvalue weighted by atomic mass is 32.2. The number of carbonyl (C=O) groups excluding carboxylic acids is 1. The minimum atomic E-state index is -0.345. The molecule has 1 unspecified atom stereocenters. The maximum atomic E-state index is 13.0. The van der Waals surface area contributed by atoms with Crippen molar-refractivity contribution in [3.63, 3.8) is 0 Å². The number of fused-ring (bicyclic) bond motifs is 1. The third-order valence-electron chi connectivity index (χ3n) is 5.43. The number of aryl methyl sites for hydroxylation is 1. The van der Waals surface area contributed by atoms with Gasteiger partial charge in [-0.15, -0.1) is 0 Å². The number of hydrogen-bond acceptors (Lipinski definition) is 5. The molecule has 1 amide bonds. The quantitative estimate of drug-likeness (QED) is 0.533. The molecule has 2 aromatic carbocycles. The Kier molecular flexibility index (Phi) is 6.51. The van der Waals surface area contributed by atoms with Crippen LogP contribution in [0.4, 0.5) is 5.69 Å². The van der Waals surface area contributed by atoms with Gasteiger partial charge in [-0.1, -0.05) is 30.0 Å². The van der Waals surface area contributed by atoms with Crippen LogP contribution in [0.5, 0.6) is 11.5 Å². The van der Waals surface area contributed by atoms with Gasteiger partial charge in [0, 0.05) is 17.4 Å². The summed E-state index contributed by atoms with van der Waals surface area (Å²) in [5.74, 6) is 1.13. The lowest BCUT2D eigenvalue weighted by atomic mass is 10.0. The molecule has 0 spiro atoms. The second kappa shape index (κ2) is 9.47. The van der Waals surface area contributed by atoms with Crippen molar-refractivity contribution in [2.75, 3.05) is 19.5 Å². The van der Waals surface area contributed by atoms with Gasteiger partial charge in [0.05, 0.1) is 30.9 Å². The van der Waals surface area contributed by atoms with Crippen molar-refractivity contribution in [3.8, 4) is 17.2 Å². The number of ether oxygens (including phenoxy) is 2. The number of nitrogens with one attached hydrogen (secondary N) is 1. The molecule has 0 saturated heterocycles. The number of aromatic nitrogens is 2. The van der Waals surface area contributed by atoms with Crippen LogP contribution >= 0.6 is 11.8 Å². The van der Waals surface area contributed by atoms with Gasteiger partial charge < -0.3 is 14.8 Å². The topological polar surface area (TPSA) is 65.4 Å². The molecule has 31 heavy (non-hydrogen) atoms. The molecule has 1 aliphatic rings. The van der Waals surface area contributed by atoms with Gasteiger partial charge in [-0.3, -0.25) is 9.36 Å². The molecule has 1 atom stereocenters. The van der Waals surface area contributed by atoms with Crippen LogP contribution in [0.3, 0.4) is 0 Å². The average molecular weight is 438 g/mol. The Labute approximate surface area is 187 Å². The highest BCUT2D eigenvalue weighted by Crippen LogP contribution is 2.34. The molecule has 162 valence electrons. The first-order valence-corrected chi connectivity index (χ1v) is 11.3. The summed E-state index contributed by atoms with van der Waals surface area (Å²) < 4.78 is 12.9. The fourth-order valence-electron chi connectivity index (χ4n) is 3.80. The van der Waals surface area contributed by atoms with Crippen LogP contribution in [0.1, 0.15) is 31.2 Å². The van der Waals surface area contributed by atoms with Gasteiger partial charge in [-0.2, -0.15) is 0 Å². The molecular weight excluding hydrogens is 410 g/mol. The summed E-state index contributed by atoms with van der Waals surface area (Å²) in [4.78, 5) is 17.9. The van der Waals surface area contributed by atoms with E-state index in [0.717, 1.165) is 35.8 Å². The Morgan fingerprint density at radius 1 is 1.10 bits per heavy atom. The lowest BCUT2D eigenvalue weighted by Gasteiger charge is -2.17. The molecular formula is C24H27N3O3S. The van der Waals surface area contributed by atoms with Gasteiger partial charge in [0.25, 0.3) is 0 Å². The van der Waals surface area contributed by atoms with Crippen molar-refractivity contribution in [1.29, 1.82) is 0 Å². The Bertz CT molecular complexity index is 1070. The van der Waals surface area contributed by atoms with Crippen LogP contribution in [0.25, 0.3) is 5.69 Å². The number of amides is 1. The molecule has 4 rings (SSSR count). The second-order valence-corrected chi connectivity index (χ2v) is 8.79. The van der Waals surface area contributed by atoms with Crippen LogP contribution in [-0.4, -0.2) is 34.9 Å². The first-order chi connectivity index (χ1) is 15.1. The number of carbonyl (C=O) groups is 1. The molecule has 0 fully saturated rings. The minimum absolute atomic E-state index is 0.114. The molecule has 0 aliphatic heterocycles. The molecule has 1 aliphatic carbocycles. The number of rotatable bonds is 7. The van der Waals surface area contributed by atoms with Crippen LogP contribution in [0, 0.1) is 0 Å². The average Bonchev–Trinajstić information content (AvgIpc) is 3.17. The third kappa shape index (κ3) is 4.56. The van der Waals surface area contributed by atoms with Crippen LogP contribution in [-0.2, 0) is 17.6 Å². The highest BCUT2D eigenvalue weighted by Gasteiger charge is 2.25. The summed E-state index contributed by atoms with van der Waals surface area (Å²) in [7, 11) is 3.17. The number of anilines is 1. The standard InChI is InChI=1S/C24H27N3O3S/c1-16(23(28)25-20-15-18(29-2)13-14-22(20)30-3)31-24-26-19-11-7-8-12-21(19)27(24)17-9-5-4-6-10-17/h4-6,9-10,13-16H,7-8,11-12H2,1-3H3,(H,25,28). The van der Waals surface area contributed by atoms with E-state index in [1.165, 1.54) is 23.9 Å². The Morgan fingerprint density at radius 3 is 2.61 bits per heavy atom. The first-order valence-electron chi connectivity index (χ1n) is 10.5. The SMILES string of the molecule is COc1ccc(OC)c(NC(=O)C(C)Sc2nc3c(n2-c2ccccc2)CCCC3)c1. The van der Waals surface area contributed by atoms with E-state index in [4.69, 9.17) is 14.5 Å². The summed E-state index contributed by atoms with van der Waals surface area (Å²) in [6, 6.07) is 15.6. The number of imidazole rings is 1. The fourth-order valence-corrected chi connectivity index (χ4v) is 4.76. The number of nitrogens with zero attached hydrogens (tertiary/aromatic N) is 2. The summed E-state index contributed by atoms with van der Waals surface area (Å²) in [5.41, 5.74) is 4.09. The van der Waals surface area contributed by atoms with Crippen LogP contribution < -0.4 is 14.8 Å². The van der Waals surface area contributed by atoms with E-state index in [1.807, 2.05) is 25.1 Å². The lowest BCUT2D eigenvalue weighted by Crippen LogP contribution is -2.23. The molecule has 7 heteroatoms. The number of hydrogen-bond donors (Lipinski definition) is 1. The second-order valence-electron chi connectivity index (χ2n) is 7.48. The minimum Gasteiger partial charge on any atom is -0.497 e. The molecule has 0 saturated carbocycles. The predicted octanol–water partition coefficient (Wildman–Crippen LogP) is 4.89. The van der Waals surface area contributed by atoms with Crippen LogP contribution in [0.15, 0.2) is 53.7 Å². The zero-order valence-corrected chi connectivity index (χ0v) is 18.9. The van der Waals surface area contributed by atoms with Crippen molar-refractivity contribution in [1.82, 2.24) is 9.55 Å². The van der Waals surface area contributed by atoms with E-state index in [1.54, 1.807) is 32.4 Å². The third-order valence-corrected chi connectivity index (χ3v) is 6.48. The highest BCUT2D eigenvalue weighted by molar-refractivity contribution is 8.00. The van der Waals surface area contributed by atoms with E-state index in [-0.39, 0.29) is 11.2 Å². The molecule has 1 aromatic heterocycles. The van der Waals surface area contributed by atoms with Gasteiger partial charge in [0.1, 0.15) is 11.5 Å². The maximum absolute atomic E-state index is 13.0. The molecule has 1 N–H and O–H groups in total. The van der Waals surface area contributed by atoms with Crippen molar-refractivity contribution in [2.24, 2.45) is 0 Å². The van der Waals surface area contributed by atoms with Gasteiger partial charge in [-0.05, 0) is 56.9 Å². The molecule has 3 aromatic rings. The van der Waals surface area contributed by atoms with Gasteiger partial charge in [0.15, 0.2) is 5.16 Å². The summed E-state index contributed by atoms with van der Waals surface area (Å²) in [6.45, 7) is 1.90. The number of thioether (sulfide) groups is 1. The molecule has 0 radical (unpaired) electrons. The smallest absolute Gasteiger partial charge is 0.237 e. The first kappa shape index (κ1) is 21.3. The summed E-state index contributed by atoms with van der Waals surface area (Å²) >= 11 is 1.48. The predicted molar refractivity (Wildman–Crippen MR) is 124 cm³/mol. The van der Waals surface area contributed by atoms with E-state index in [9.17, 15) is 4.79 Å². The zero-order valence-electron chi connectivity index (χ0n) is 18.1. The van der Waals surface area contributed by atoms with Crippen molar-refractivity contribution >= 4 is 23.4 Å². The molecule has 1 heterocycles. The summed E-state index contributed by atoms with van der Waals surface area (Å²) in [5, 5.41) is 3.49. The number of benzene rings is 2. The lowest BCUT2D eigenvalue weighted by molar-refractivity contribution is -0.115. The molecule has 6 nitrogen and oxygen atoms in total. The van der Waals surface area contributed by atoms with E-state index in [0.29, 0.717) is 17.2 Å². The number of methoxy groups -OCH3 is 2. The van der Waals surface area contributed by atoms with Gasteiger partial charge in [-0.25, -0.2) is 4.98 Å². The zero-order chi connectivity index (χ0) is 21.8. The van der Waals surface area contributed by atoms with E-state index in [2.05, 4.69) is 22.0 Å². The Hall–Kier alpha value is -2.93. The van der Waals surface area contributed by atoms with Crippen molar-refractivity contribution in [3.05, 3.63) is 59.9 Å². The van der Waals surface area contributed by atoms with E-state index < -0.39 is 0 Å². The molecule has 0 bridgehead atoms. The monoisotopic (exact) mass is 437 g/mol. The normalized spacial score (nSPS) is 13.9. The summed E-state index contributed by atoms with van der Waals surface area (Å²) in [6.07, 6.45) is 4.33. The number of para-hydroxylation sites is 1. The largest absolute Gasteiger partial charge is 0.497 e. The Morgan fingerprint density at radius 2 is 1.87 bits per heavy atom. The maximum Gasteiger partial charge on any atom is 0.237 e. The van der Waals surface area contributed by atoms with Crippen molar-refractivity contribution < 1.29 is 14.3 Å². The fraction of sp³-hybridized carbons (Fsp3) is 0.333. The van der Waals surface area contributed by atoms with Crippen LogP contribution in [0.2, 0.25) is 0 Å². The van der Waals surface area contributed by atoms with Gasteiger partial charge >= 0.3 is 0 Å². The Balaban J connectivity index is 1.58. The van der Waals surface area contributed by atoms with E-state index >= 15 is 0 Å². The van der Waals surface area contributed by atoms with Crippen molar-refractivity contribution in [2.45, 2.75) is 43.0 Å².